The highest BCUT2D eigenvalue weighted by molar-refractivity contribution is 7.89. The highest BCUT2D eigenvalue weighted by atomic mass is 32.2. The molecule has 0 atom stereocenters. The summed E-state index contributed by atoms with van der Waals surface area (Å²) in [6.07, 6.45) is 0. The van der Waals surface area contributed by atoms with Crippen molar-refractivity contribution in [2.75, 3.05) is 19.6 Å². The van der Waals surface area contributed by atoms with Crippen LogP contribution in [0.3, 0.4) is 0 Å². The monoisotopic (exact) mass is 272 g/mol. The van der Waals surface area contributed by atoms with E-state index in [-0.39, 0.29) is 30.4 Å². The number of sulfonamides is 1. The normalized spacial score (nSPS) is 17.6. The first-order chi connectivity index (χ1) is 8.41. The molecule has 2 rings (SSSR count). The Hall–Kier alpha value is -1.47. The number of nitrogens with one attached hydrogen (secondary N) is 1. The molecule has 5 nitrogen and oxygen atoms in total. The summed E-state index contributed by atoms with van der Waals surface area (Å²) in [5, 5.41) is 2.52. The van der Waals surface area contributed by atoms with Gasteiger partial charge in [0.25, 0.3) is 0 Å². The van der Waals surface area contributed by atoms with Crippen LogP contribution in [0.2, 0.25) is 0 Å². The number of carbonyl (C=O) groups excluding carboxylic acids is 1. The Morgan fingerprint density at radius 1 is 1.39 bits per heavy atom. The van der Waals surface area contributed by atoms with E-state index in [4.69, 9.17) is 0 Å². The van der Waals surface area contributed by atoms with Gasteiger partial charge in [0.2, 0.25) is 15.9 Å². The maximum absolute atomic E-state index is 13.7. The zero-order valence-corrected chi connectivity index (χ0v) is 10.6. The van der Waals surface area contributed by atoms with Crippen molar-refractivity contribution in [3.8, 4) is 0 Å². The molecule has 18 heavy (non-hydrogen) atoms. The fourth-order valence-electron chi connectivity index (χ4n) is 1.77. The van der Waals surface area contributed by atoms with Gasteiger partial charge >= 0.3 is 0 Å². The third-order valence-corrected chi connectivity index (χ3v) is 4.59. The molecule has 0 aromatic heterocycles. The standard InChI is InChI=1S/C11H13FN2O3S/c1-8-2-3-10(9(12)6-8)18(16,17)14-5-4-13-11(15)7-14/h2-3,6H,4-5,7H2,1H3,(H,13,15). The molecule has 1 amide bonds. The van der Waals surface area contributed by atoms with Crippen molar-refractivity contribution in [2.45, 2.75) is 11.8 Å². The first-order valence-corrected chi connectivity index (χ1v) is 6.88. The number of benzene rings is 1. The van der Waals surface area contributed by atoms with Crippen LogP contribution in [0.4, 0.5) is 4.39 Å². The second-order valence-electron chi connectivity index (χ2n) is 4.12. The molecule has 98 valence electrons. The van der Waals surface area contributed by atoms with E-state index < -0.39 is 15.8 Å². The van der Waals surface area contributed by atoms with Gasteiger partial charge in [0, 0.05) is 13.1 Å². The molecule has 7 heteroatoms. The van der Waals surface area contributed by atoms with Crippen LogP contribution >= 0.6 is 0 Å². The number of nitrogens with zero attached hydrogens (tertiary/aromatic N) is 1. The number of hydrogen-bond acceptors (Lipinski definition) is 3. The summed E-state index contributed by atoms with van der Waals surface area (Å²) in [5.74, 6) is -1.17. The molecule has 0 radical (unpaired) electrons. The van der Waals surface area contributed by atoms with Crippen LogP contribution in [0.15, 0.2) is 23.1 Å². The second kappa shape index (κ2) is 4.66. The fourth-order valence-corrected chi connectivity index (χ4v) is 3.22. The van der Waals surface area contributed by atoms with Crippen LogP contribution < -0.4 is 5.32 Å². The van der Waals surface area contributed by atoms with Gasteiger partial charge in [-0.3, -0.25) is 4.79 Å². The molecule has 0 aliphatic carbocycles. The fraction of sp³-hybridized carbons (Fsp3) is 0.364. The maximum Gasteiger partial charge on any atom is 0.246 e. The first-order valence-electron chi connectivity index (χ1n) is 5.44. The SMILES string of the molecule is Cc1ccc(S(=O)(=O)N2CCNC(=O)C2)c(F)c1. The number of halogens is 1. The van der Waals surface area contributed by atoms with Crippen molar-refractivity contribution >= 4 is 15.9 Å². The van der Waals surface area contributed by atoms with Gasteiger partial charge in [-0.15, -0.1) is 0 Å². The van der Waals surface area contributed by atoms with Crippen LogP contribution in [0.25, 0.3) is 0 Å². The zero-order chi connectivity index (χ0) is 13.3. The minimum atomic E-state index is -3.94. The highest BCUT2D eigenvalue weighted by Gasteiger charge is 2.31. The smallest absolute Gasteiger partial charge is 0.246 e. The van der Waals surface area contributed by atoms with Gasteiger partial charge in [0.05, 0.1) is 6.54 Å². The van der Waals surface area contributed by atoms with E-state index >= 15 is 0 Å². The average Bonchev–Trinajstić information content (AvgIpc) is 2.28. The van der Waals surface area contributed by atoms with Gasteiger partial charge in [-0.25, -0.2) is 12.8 Å². The van der Waals surface area contributed by atoms with Gasteiger partial charge < -0.3 is 5.32 Å². The zero-order valence-electron chi connectivity index (χ0n) is 9.81. The molecule has 1 heterocycles. The molecule has 1 aromatic rings. The third-order valence-electron chi connectivity index (χ3n) is 2.71. The van der Waals surface area contributed by atoms with Gasteiger partial charge in [0.15, 0.2) is 0 Å². The second-order valence-corrected chi connectivity index (χ2v) is 6.03. The number of aryl methyl sites for hydroxylation is 1. The third kappa shape index (κ3) is 2.37. The Labute approximate surface area is 105 Å². The lowest BCUT2D eigenvalue weighted by atomic mass is 10.2. The van der Waals surface area contributed by atoms with Gasteiger partial charge in [-0.2, -0.15) is 4.31 Å². The number of rotatable bonds is 2. The van der Waals surface area contributed by atoms with Crippen LogP contribution in [0, 0.1) is 12.7 Å². The molecule has 1 aliphatic rings. The molecule has 0 saturated carbocycles. The molecule has 0 spiro atoms. The minimum Gasteiger partial charge on any atom is -0.354 e. The maximum atomic E-state index is 13.7. The molecule has 0 unspecified atom stereocenters. The summed E-state index contributed by atoms with van der Waals surface area (Å²) in [7, 11) is -3.94. The van der Waals surface area contributed by atoms with E-state index in [9.17, 15) is 17.6 Å². The number of carbonyl (C=O) groups is 1. The Bertz CT molecular complexity index is 586. The van der Waals surface area contributed by atoms with E-state index in [1.807, 2.05) is 0 Å². The molecule has 1 saturated heterocycles. The average molecular weight is 272 g/mol. The number of amides is 1. The van der Waals surface area contributed by atoms with Crippen molar-refractivity contribution in [1.29, 1.82) is 0 Å². The van der Waals surface area contributed by atoms with Crippen molar-refractivity contribution in [3.63, 3.8) is 0 Å². The summed E-state index contributed by atoms with van der Waals surface area (Å²) in [4.78, 5) is 10.8. The Kier molecular flexibility index (Phi) is 3.36. The first kappa shape index (κ1) is 13.0. The molecular weight excluding hydrogens is 259 g/mol. The van der Waals surface area contributed by atoms with Gasteiger partial charge in [-0.05, 0) is 24.6 Å². The minimum absolute atomic E-state index is 0.154. The quantitative estimate of drug-likeness (QED) is 0.839. The summed E-state index contributed by atoms with van der Waals surface area (Å²) in [6.45, 7) is 1.80. The van der Waals surface area contributed by atoms with Crippen molar-refractivity contribution in [2.24, 2.45) is 0 Å². The lowest BCUT2D eigenvalue weighted by molar-refractivity contribution is -0.122. The predicted octanol–water partition coefficient (Wildman–Crippen LogP) is 0.255. The van der Waals surface area contributed by atoms with E-state index in [0.717, 1.165) is 10.4 Å². The molecule has 1 fully saturated rings. The van der Waals surface area contributed by atoms with Crippen molar-refractivity contribution in [1.82, 2.24) is 9.62 Å². The Morgan fingerprint density at radius 2 is 2.11 bits per heavy atom. The summed E-state index contributed by atoms with van der Waals surface area (Å²) < 4.78 is 39.0. The van der Waals surface area contributed by atoms with Crippen molar-refractivity contribution in [3.05, 3.63) is 29.6 Å². The molecule has 1 N–H and O–H groups in total. The number of hydrogen-bond donors (Lipinski definition) is 1. The summed E-state index contributed by atoms with van der Waals surface area (Å²) in [5.41, 5.74) is 0.642. The Balaban J connectivity index is 2.38. The lowest BCUT2D eigenvalue weighted by Crippen LogP contribution is -2.49. The van der Waals surface area contributed by atoms with Crippen LogP contribution in [-0.2, 0) is 14.8 Å². The molecular formula is C11H13FN2O3S. The van der Waals surface area contributed by atoms with Crippen LogP contribution in [-0.4, -0.2) is 38.3 Å². The molecule has 1 aliphatic heterocycles. The van der Waals surface area contributed by atoms with E-state index in [0.29, 0.717) is 5.56 Å². The van der Waals surface area contributed by atoms with Crippen LogP contribution in [0.5, 0.6) is 0 Å². The van der Waals surface area contributed by atoms with Crippen molar-refractivity contribution < 1.29 is 17.6 Å². The largest absolute Gasteiger partial charge is 0.354 e. The Morgan fingerprint density at radius 3 is 2.72 bits per heavy atom. The van der Waals surface area contributed by atoms with E-state index in [1.54, 1.807) is 6.92 Å². The molecule has 1 aromatic carbocycles. The van der Waals surface area contributed by atoms with Gasteiger partial charge in [-0.1, -0.05) is 6.07 Å². The lowest BCUT2D eigenvalue weighted by Gasteiger charge is -2.26. The van der Waals surface area contributed by atoms with E-state index in [2.05, 4.69) is 5.32 Å². The molecule has 0 bridgehead atoms. The highest BCUT2D eigenvalue weighted by Crippen LogP contribution is 2.20. The topological polar surface area (TPSA) is 66.5 Å². The van der Waals surface area contributed by atoms with Crippen LogP contribution in [0.1, 0.15) is 5.56 Å². The summed E-state index contributed by atoms with van der Waals surface area (Å²) in [6, 6.07) is 3.92. The summed E-state index contributed by atoms with van der Waals surface area (Å²) >= 11 is 0. The predicted molar refractivity (Wildman–Crippen MR) is 62.9 cm³/mol. The van der Waals surface area contributed by atoms with Gasteiger partial charge in [0.1, 0.15) is 10.7 Å². The van der Waals surface area contributed by atoms with E-state index in [1.165, 1.54) is 12.1 Å². The number of piperazine rings is 1.